The van der Waals surface area contributed by atoms with Crippen LogP contribution in [0.4, 0.5) is 0 Å². The van der Waals surface area contributed by atoms with Crippen LogP contribution >= 0.6 is 23.5 Å². The second-order valence-corrected chi connectivity index (χ2v) is 13.2. The summed E-state index contributed by atoms with van der Waals surface area (Å²) in [5.74, 6) is 1.87. The Morgan fingerprint density at radius 2 is 1.32 bits per heavy atom. The number of primary amides is 1. The van der Waals surface area contributed by atoms with Gasteiger partial charge < -0.3 is 5.73 Å². The number of benzene rings is 3. The Morgan fingerprint density at radius 3 is 1.76 bits per heavy atom. The molecule has 0 aromatic heterocycles. The van der Waals surface area contributed by atoms with Gasteiger partial charge in [-0.1, -0.05) is 105 Å². The number of rotatable bonds is 16. The van der Waals surface area contributed by atoms with E-state index in [0.717, 1.165) is 24.3 Å². The molecule has 4 nitrogen and oxygen atoms in total. The molecule has 0 bridgehead atoms. The van der Waals surface area contributed by atoms with Gasteiger partial charge in [0, 0.05) is 28.4 Å². The van der Waals surface area contributed by atoms with E-state index in [9.17, 15) is 13.2 Å². The fourth-order valence-electron chi connectivity index (χ4n) is 4.30. The fourth-order valence-corrected chi connectivity index (χ4v) is 8.22. The van der Waals surface area contributed by atoms with E-state index in [4.69, 9.17) is 5.73 Å². The SMILES string of the molecule is CCCC[C@@H](/C=C/S(=O)(=O)c1ccccc1)C(CSCc1ccccc1)(CSCc1ccccc1)C(N)=O. The number of thioether (sulfide) groups is 2. The van der Waals surface area contributed by atoms with Crippen LogP contribution in [0.25, 0.3) is 0 Å². The summed E-state index contributed by atoms with van der Waals surface area (Å²) in [7, 11) is -3.64. The van der Waals surface area contributed by atoms with E-state index < -0.39 is 15.3 Å². The Kier molecular flexibility index (Phi) is 12.0. The number of amides is 1. The minimum absolute atomic E-state index is 0.243. The van der Waals surface area contributed by atoms with Crippen LogP contribution in [0.5, 0.6) is 0 Å². The lowest BCUT2D eigenvalue weighted by molar-refractivity contribution is -0.127. The lowest BCUT2D eigenvalue weighted by Crippen LogP contribution is -2.47. The molecule has 1 amide bonds. The number of carbonyl (C=O) groups excluding carboxylic acids is 1. The summed E-state index contributed by atoms with van der Waals surface area (Å²) >= 11 is 3.36. The molecule has 3 aromatic carbocycles. The quantitative estimate of drug-likeness (QED) is 0.199. The van der Waals surface area contributed by atoms with Gasteiger partial charge in [-0.15, -0.1) is 0 Å². The van der Waals surface area contributed by atoms with Crippen LogP contribution in [0.3, 0.4) is 0 Å². The van der Waals surface area contributed by atoms with Crippen LogP contribution in [0.15, 0.2) is 107 Å². The van der Waals surface area contributed by atoms with Gasteiger partial charge >= 0.3 is 0 Å². The molecule has 1 atom stereocenters. The zero-order valence-corrected chi connectivity index (χ0v) is 24.3. The maximum absolute atomic E-state index is 13.3. The molecule has 202 valence electrons. The Labute approximate surface area is 236 Å². The first-order chi connectivity index (χ1) is 18.4. The monoisotopic (exact) mass is 567 g/mol. The average Bonchev–Trinajstić information content (AvgIpc) is 2.94. The third kappa shape index (κ3) is 8.79. The van der Waals surface area contributed by atoms with Crippen molar-refractivity contribution in [3.8, 4) is 0 Å². The van der Waals surface area contributed by atoms with E-state index >= 15 is 0 Å². The second-order valence-electron chi connectivity index (χ2n) is 9.41. The topological polar surface area (TPSA) is 77.2 Å². The first-order valence-corrected chi connectivity index (χ1v) is 16.7. The van der Waals surface area contributed by atoms with Crippen LogP contribution < -0.4 is 5.73 Å². The van der Waals surface area contributed by atoms with Crippen molar-refractivity contribution in [2.24, 2.45) is 17.1 Å². The molecule has 0 fully saturated rings. The smallest absolute Gasteiger partial charge is 0.225 e. The van der Waals surface area contributed by atoms with E-state index in [1.807, 2.05) is 36.4 Å². The molecule has 0 aliphatic heterocycles. The van der Waals surface area contributed by atoms with Crippen molar-refractivity contribution in [1.82, 2.24) is 0 Å². The van der Waals surface area contributed by atoms with Crippen LogP contribution in [0.2, 0.25) is 0 Å². The number of sulfone groups is 1. The van der Waals surface area contributed by atoms with Crippen molar-refractivity contribution < 1.29 is 13.2 Å². The second kappa shape index (κ2) is 15.2. The van der Waals surface area contributed by atoms with Gasteiger partial charge in [0.15, 0.2) is 9.84 Å². The molecule has 0 radical (unpaired) electrons. The Hall–Kier alpha value is -2.48. The molecule has 3 rings (SSSR count). The van der Waals surface area contributed by atoms with E-state index in [-0.39, 0.29) is 16.7 Å². The standard InChI is InChI=1S/C31H37NO3S3/c1-2-3-17-28(20-21-38(34,35)29-18-11-6-12-19-29)31(30(32)33,24-36-22-26-13-7-4-8-14-26)25-37-23-27-15-9-5-10-16-27/h4-16,18-21,28H,2-3,17,22-25H2,1H3,(H2,32,33)/b21-20+/t28-/m0/s1. The molecule has 2 N–H and O–H groups in total. The zero-order chi connectivity index (χ0) is 27.3. The third-order valence-electron chi connectivity index (χ3n) is 6.57. The number of unbranched alkanes of at least 4 members (excludes halogenated alkanes) is 1. The van der Waals surface area contributed by atoms with Gasteiger partial charge in [-0.3, -0.25) is 4.79 Å². The van der Waals surface area contributed by atoms with Crippen LogP contribution in [0.1, 0.15) is 37.3 Å². The van der Waals surface area contributed by atoms with Gasteiger partial charge in [0.05, 0.1) is 10.3 Å². The lowest BCUT2D eigenvalue weighted by atomic mass is 9.75. The maximum atomic E-state index is 13.3. The lowest BCUT2D eigenvalue weighted by Gasteiger charge is -2.37. The fraction of sp³-hybridized carbons (Fsp3) is 0.323. The van der Waals surface area contributed by atoms with Crippen molar-refractivity contribution in [2.45, 2.75) is 42.6 Å². The summed E-state index contributed by atoms with van der Waals surface area (Å²) in [6.45, 7) is 2.10. The van der Waals surface area contributed by atoms with Gasteiger partial charge in [0.1, 0.15) is 0 Å². The molecule has 38 heavy (non-hydrogen) atoms. The minimum atomic E-state index is -3.64. The largest absolute Gasteiger partial charge is 0.369 e. The Morgan fingerprint density at radius 1 is 0.842 bits per heavy atom. The van der Waals surface area contributed by atoms with Gasteiger partial charge in [-0.05, 0) is 35.6 Å². The molecule has 0 aliphatic rings. The molecule has 0 saturated carbocycles. The summed E-state index contributed by atoms with van der Waals surface area (Å²) in [5.41, 5.74) is 7.67. The van der Waals surface area contributed by atoms with Crippen molar-refractivity contribution in [1.29, 1.82) is 0 Å². The summed E-state index contributed by atoms with van der Waals surface area (Å²) in [6.07, 6.45) is 4.24. The highest BCUT2D eigenvalue weighted by Gasteiger charge is 2.43. The number of hydrogen-bond acceptors (Lipinski definition) is 5. The molecule has 0 spiro atoms. The maximum Gasteiger partial charge on any atom is 0.225 e. The van der Waals surface area contributed by atoms with Crippen molar-refractivity contribution in [3.63, 3.8) is 0 Å². The Bertz CT molecular complexity index is 1200. The predicted octanol–water partition coefficient (Wildman–Crippen LogP) is 7.12. The molecular weight excluding hydrogens is 531 g/mol. The summed E-state index contributed by atoms with van der Waals surface area (Å²) < 4.78 is 26.2. The summed E-state index contributed by atoms with van der Waals surface area (Å²) in [6, 6.07) is 28.7. The number of hydrogen-bond donors (Lipinski definition) is 1. The molecule has 0 unspecified atom stereocenters. The summed E-state index contributed by atoms with van der Waals surface area (Å²) in [5, 5.41) is 1.28. The van der Waals surface area contributed by atoms with Gasteiger partial charge in [0.2, 0.25) is 5.91 Å². The summed E-state index contributed by atoms with van der Waals surface area (Å²) in [4.78, 5) is 13.6. The molecule has 0 heterocycles. The highest BCUT2D eigenvalue weighted by molar-refractivity contribution is 7.99. The first kappa shape index (κ1) is 30.1. The molecule has 0 saturated heterocycles. The van der Waals surface area contributed by atoms with E-state index in [0.29, 0.717) is 17.9 Å². The first-order valence-electron chi connectivity index (χ1n) is 12.9. The zero-order valence-electron chi connectivity index (χ0n) is 21.9. The Balaban J connectivity index is 1.91. The molecular formula is C31H37NO3S3. The normalized spacial score (nSPS) is 13.0. The van der Waals surface area contributed by atoms with Crippen LogP contribution in [-0.4, -0.2) is 25.8 Å². The van der Waals surface area contributed by atoms with E-state index in [2.05, 4.69) is 31.2 Å². The molecule has 3 aromatic rings. The minimum Gasteiger partial charge on any atom is -0.369 e. The van der Waals surface area contributed by atoms with Crippen molar-refractivity contribution in [3.05, 3.63) is 114 Å². The van der Waals surface area contributed by atoms with Crippen molar-refractivity contribution in [2.75, 3.05) is 11.5 Å². The van der Waals surface area contributed by atoms with E-state index in [1.165, 1.54) is 16.5 Å². The van der Waals surface area contributed by atoms with Gasteiger partial charge in [-0.2, -0.15) is 23.5 Å². The third-order valence-corrected chi connectivity index (χ3v) is 10.5. The van der Waals surface area contributed by atoms with Crippen LogP contribution in [0, 0.1) is 11.3 Å². The van der Waals surface area contributed by atoms with Crippen molar-refractivity contribution >= 4 is 39.3 Å². The van der Waals surface area contributed by atoms with Crippen LogP contribution in [-0.2, 0) is 26.1 Å². The predicted molar refractivity (Wildman–Crippen MR) is 163 cm³/mol. The van der Waals surface area contributed by atoms with Gasteiger partial charge in [-0.25, -0.2) is 8.42 Å². The van der Waals surface area contributed by atoms with E-state index in [1.54, 1.807) is 59.9 Å². The van der Waals surface area contributed by atoms with Gasteiger partial charge in [0.25, 0.3) is 0 Å². The highest BCUT2D eigenvalue weighted by atomic mass is 32.2. The average molecular weight is 568 g/mol. The highest BCUT2D eigenvalue weighted by Crippen LogP contribution is 2.41. The molecule has 7 heteroatoms. The molecule has 0 aliphatic carbocycles. The number of nitrogens with two attached hydrogens (primary N) is 1. The number of carbonyl (C=O) groups is 1. The number of allylic oxidation sites excluding steroid dienone is 1.